The second-order valence-corrected chi connectivity index (χ2v) is 7.13. The number of rotatable bonds is 5. The fourth-order valence-corrected chi connectivity index (χ4v) is 3.11. The van der Waals surface area contributed by atoms with Crippen molar-refractivity contribution < 1.29 is 18.0 Å². The van der Waals surface area contributed by atoms with Crippen molar-refractivity contribution in [1.82, 2.24) is 0 Å². The van der Waals surface area contributed by atoms with Crippen molar-refractivity contribution in [2.75, 3.05) is 11.1 Å². The lowest BCUT2D eigenvalue weighted by Gasteiger charge is -2.07. The standard InChI is InChI=1S/C15H13ClN2O4S/c16-11-4-6-13(7-5-11)23(21,22)9-14(19)18-12-3-1-2-10(8-12)15(17)20/h1-8H,9H2,(H2,17,20)(H,18,19). The molecule has 0 saturated heterocycles. The molecule has 0 radical (unpaired) electrons. The minimum atomic E-state index is -3.79. The molecule has 3 N–H and O–H groups in total. The Kier molecular flexibility index (Phi) is 5.02. The van der Waals surface area contributed by atoms with Crippen LogP contribution in [0.2, 0.25) is 5.02 Å². The number of anilines is 1. The largest absolute Gasteiger partial charge is 0.366 e. The first-order valence-electron chi connectivity index (χ1n) is 6.46. The van der Waals surface area contributed by atoms with Gasteiger partial charge in [0.05, 0.1) is 4.90 Å². The minimum absolute atomic E-state index is 0.00272. The Morgan fingerprint density at radius 1 is 1.09 bits per heavy atom. The van der Waals surface area contributed by atoms with Gasteiger partial charge < -0.3 is 11.1 Å². The van der Waals surface area contributed by atoms with Crippen LogP contribution in [0.25, 0.3) is 0 Å². The maximum atomic E-state index is 12.1. The van der Waals surface area contributed by atoms with Crippen LogP contribution in [-0.2, 0) is 14.6 Å². The zero-order valence-corrected chi connectivity index (χ0v) is 13.4. The van der Waals surface area contributed by atoms with E-state index in [1.165, 1.54) is 48.5 Å². The molecule has 23 heavy (non-hydrogen) atoms. The van der Waals surface area contributed by atoms with E-state index < -0.39 is 27.4 Å². The van der Waals surface area contributed by atoms with Gasteiger partial charge in [-0.1, -0.05) is 17.7 Å². The molecule has 6 nitrogen and oxygen atoms in total. The first-order chi connectivity index (χ1) is 10.8. The molecule has 2 aromatic rings. The van der Waals surface area contributed by atoms with Crippen molar-refractivity contribution in [3.05, 3.63) is 59.1 Å². The highest BCUT2D eigenvalue weighted by Crippen LogP contribution is 2.16. The number of primary amides is 1. The normalized spacial score (nSPS) is 11.0. The number of benzene rings is 2. The van der Waals surface area contributed by atoms with Crippen molar-refractivity contribution in [2.24, 2.45) is 5.73 Å². The average Bonchev–Trinajstić information content (AvgIpc) is 2.47. The first-order valence-corrected chi connectivity index (χ1v) is 8.49. The average molecular weight is 353 g/mol. The molecule has 0 aliphatic heterocycles. The topological polar surface area (TPSA) is 106 Å². The number of hydrogen-bond donors (Lipinski definition) is 2. The summed E-state index contributed by atoms with van der Waals surface area (Å²) in [5, 5.41) is 2.82. The van der Waals surface area contributed by atoms with E-state index in [1.807, 2.05) is 0 Å². The van der Waals surface area contributed by atoms with E-state index in [0.717, 1.165) is 0 Å². The Labute approximate surface area is 138 Å². The molecule has 0 aliphatic rings. The quantitative estimate of drug-likeness (QED) is 0.856. The molecule has 0 heterocycles. The molecule has 2 rings (SSSR count). The molecule has 0 saturated carbocycles. The van der Waals surface area contributed by atoms with Crippen molar-refractivity contribution in [2.45, 2.75) is 4.90 Å². The number of sulfone groups is 1. The van der Waals surface area contributed by atoms with Gasteiger partial charge >= 0.3 is 0 Å². The number of halogens is 1. The third kappa shape index (κ3) is 4.54. The molecule has 0 aromatic heterocycles. The van der Waals surface area contributed by atoms with E-state index in [4.69, 9.17) is 17.3 Å². The van der Waals surface area contributed by atoms with Crippen molar-refractivity contribution in [3.8, 4) is 0 Å². The number of hydrogen-bond acceptors (Lipinski definition) is 4. The van der Waals surface area contributed by atoms with Crippen LogP contribution >= 0.6 is 11.6 Å². The Morgan fingerprint density at radius 3 is 2.35 bits per heavy atom. The number of nitrogens with two attached hydrogens (primary N) is 1. The van der Waals surface area contributed by atoms with Crippen molar-refractivity contribution >= 4 is 38.9 Å². The predicted octanol–water partition coefficient (Wildman–Crippen LogP) is 1.85. The number of carbonyl (C=O) groups is 2. The highest BCUT2D eigenvalue weighted by molar-refractivity contribution is 7.92. The fourth-order valence-electron chi connectivity index (χ4n) is 1.85. The van der Waals surface area contributed by atoms with E-state index in [1.54, 1.807) is 0 Å². The highest BCUT2D eigenvalue weighted by Gasteiger charge is 2.19. The molecular formula is C15H13ClN2O4S. The summed E-state index contributed by atoms with van der Waals surface area (Å²) in [6, 6.07) is 11.4. The molecule has 0 aliphatic carbocycles. The summed E-state index contributed by atoms with van der Waals surface area (Å²) in [7, 11) is -3.79. The van der Waals surface area contributed by atoms with Crippen LogP contribution in [0.15, 0.2) is 53.4 Å². The number of amides is 2. The highest BCUT2D eigenvalue weighted by atomic mass is 35.5. The molecule has 0 fully saturated rings. The lowest BCUT2D eigenvalue weighted by Crippen LogP contribution is -2.23. The summed E-state index contributed by atoms with van der Waals surface area (Å²) in [6.45, 7) is 0. The monoisotopic (exact) mass is 352 g/mol. The zero-order valence-electron chi connectivity index (χ0n) is 11.8. The van der Waals surface area contributed by atoms with Gasteiger partial charge in [-0.15, -0.1) is 0 Å². The van der Waals surface area contributed by atoms with E-state index in [2.05, 4.69) is 5.32 Å². The summed E-state index contributed by atoms with van der Waals surface area (Å²) in [4.78, 5) is 23.0. The predicted molar refractivity (Wildman–Crippen MR) is 87.1 cm³/mol. The number of carbonyl (C=O) groups excluding carboxylic acids is 2. The fraction of sp³-hybridized carbons (Fsp3) is 0.0667. The molecule has 2 amide bonds. The van der Waals surface area contributed by atoms with Gasteiger partial charge in [-0.3, -0.25) is 9.59 Å². The Hall–Kier alpha value is -2.38. The van der Waals surface area contributed by atoms with E-state index in [9.17, 15) is 18.0 Å². The Bertz CT molecular complexity index is 848. The SMILES string of the molecule is NC(=O)c1cccc(NC(=O)CS(=O)(=O)c2ccc(Cl)cc2)c1. The van der Waals surface area contributed by atoms with E-state index >= 15 is 0 Å². The molecule has 0 atom stereocenters. The molecule has 0 spiro atoms. The Morgan fingerprint density at radius 2 is 1.74 bits per heavy atom. The zero-order chi connectivity index (χ0) is 17.0. The van der Waals surface area contributed by atoms with Crippen molar-refractivity contribution in [3.63, 3.8) is 0 Å². The first kappa shape index (κ1) is 17.0. The third-order valence-corrected chi connectivity index (χ3v) is 4.81. The minimum Gasteiger partial charge on any atom is -0.366 e. The van der Waals surface area contributed by atoms with E-state index in [-0.39, 0.29) is 16.1 Å². The summed E-state index contributed by atoms with van der Waals surface area (Å²) in [6.07, 6.45) is 0. The van der Waals surface area contributed by atoms with Gasteiger partial charge in [0.15, 0.2) is 9.84 Å². The van der Waals surface area contributed by atoms with Gasteiger partial charge in [-0.05, 0) is 42.5 Å². The smallest absolute Gasteiger partial charge is 0.248 e. The maximum absolute atomic E-state index is 12.1. The lowest BCUT2D eigenvalue weighted by atomic mass is 10.2. The number of nitrogens with one attached hydrogen (secondary N) is 1. The molecular weight excluding hydrogens is 340 g/mol. The van der Waals surface area contributed by atoms with Crippen LogP contribution in [0.3, 0.4) is 0 Å². The molecule has 8 heteroatoms. The third-order valence-electron chi connectivity index (χ3n) is 2.92. The molecule has 0 unspecified atom stereocenters. The van der Waals surface area contributed by atoms with Crippen LogP contribution in [0.1, 0.15) is 10.4 Å². The van der Waals surface area contributed by atoms with Crippen LogP contribution in [0, 0.1) is 0 Å². The van der Waals surface area contributed by atoms with Crippen LogP contribution in [-0.4, -0.2) is 26.0 Å². The molecule has 2 aromatic carbocycles. The van der Waals surface area contributed by atoms with Gasteiger partial charge in [0.1, 0.15) is 5.75 Å². The summed E-state index contributed by atoms with van der Waals surface area (Å²) >= 11 is 5.70. The summed E-state index contributed by atoms with van der Waals surface area (Å²) in [5.74, 6) is -2.09. The van der Waals surface area contributed by atoms with Gasteiger partial charge in [0.25, 0.3) is 0 Å². The second kappa shape index (κ2) is 6.80. The van der Waals surface area contributed by atoms with Crippen LogP contribution < -0.4 is 11.1 Å². The van der Waals surface area contributed by atoms with Gasteiger partial charge in [-0.25, -0.2) is 8.42 Å². The maximum Gasteiger partial charge on any atom is 0.248 e. The lowest BCUT2D eigenvalue weighted by molar-refractivity contribution is -0.113. The van der Waals surface area contributed by atoms with Gasteiger partial charge in [0, 0.05) is 16.3 Å². The van der Waals surface area contributed by atoms with Gasteiger partial charge in [0.2, 0.25) is 11.8 Å². The summed E-state index contributed by atoms with van der Waals surface area (Å²) in [5.41, 5.74) is 5.65. The molecule has 120 valence electrons. The Balaban J connectivity index is 2.11. The van der Waals surface area contributed by atoms with E-state index in [0.29, 0.717) is 5.02 Å². The van der Waals surface area contributed by atoms with Crippen LogP contribution in [0.5, 0.6) is 0 Å². The van der Waals surface area contributed by atoms with Gasteiger partial charge in [-0.2, -0.15) is 0 Å². The van der Waals surface area contributed by atoms with Crippen molar-refractivity contribution in [1.29, 1.82) is 0 Å². The summed E-state index contributed by atoms with van der Waals surface area (Å²) < 4.78 is 24.3. The van der Waals surface area contributed by atoms with Crippen LogP contribution in [0.4, 0.5) is 5.69 Å². The molecule has 0 bridgehead atoms. The second-order valence-electron chi connectivity index (χ2n) is 4.71.